The second-order valence-electron chi connectivity index (χ2n) is 5.98. The summed E-state index contributed by atoms with van der Waals surface area (Å²) in [6.07, 6.45) is -10.9. The molecule has 0 bridgehead atoms. The number of hydrogen-bond donors (Lipinski definition) is 1. The van der Waals surface area contributed by atoms with Gasteiger partial charge in [-0.1, -0.05) is 11.6 Å². The normalized spacial score (nSPS) is 12.0. The minimum Gasteiger partial charge on any atom is -0.406 e. The number of rotatable bonds is 3. The maximum atomic E-state index is 13.5. The highest BCUT2D eigenvalue weighted by Gasteiger charge is 2.40. The van der Waals surface area contributed by atoms with Crippen molar-refractivity contribution < 1.29 is 40.3 Å². The number of nitrogens with one attached hydrogen (secondary N) is 1. The lowest BCUT2D eigenvalue weighted by Gasteiger charge is -2.13. The molecule has 1 amide bonds. The van der Waals surface area contributed by atoms with Crippen LogP contribution in [0.2, 0.25) is 5.02 Å². The van der Waals surface area contributed by atoms with Crippen LogP contribution >= 0.6 is 11.6 Å². The molecule has 2 aromatic carbocycles. The SMILES string of the molecule is O=C(Nc1cc(F)cc(C(F)(F)F)c1)Oc1cnn(-c2ccc(Cl)cc2)c1C(F)(F)F. The Morgan fingerprint density at radius 3 is 2.23 bits per heavy atom. The van der Waals surface area contributed by atoms with Gasteiger partial charge in [0.1, 0.15) is 5.82 Å². The van der Waals surface area contributed by atoms with E-state index >= 15 is 0 Å². The molecule has 0 unspecified atom stereocenters. The van der Waals surface area contributed by atoms with Crippen LogP contribution < -0.4 is 10.1 Å². The van der Waals surface area contributed by atoms with Crippen molar-refractivity contribution in [3.63, 3.8) is 0 Å². The molecule has 3 rings (SSSR count). The van der Waals surface area contributed by atoms with E-state index in [9.17, 15) is 35.5 Å². The molecule has 0 spiro atoms. The molecule has 0 aliphatic rings. The van der Waals surface area contributed by atoms with Crippen molar-refractivity contribution in [3.05, 3.63) is 70.8 Å². The lowest BCUT2D eigenvalue weighted by Crippen LogP contribution is -2.20. The van der Waals surface area contributed by atoms with E-state index < -0.39 is 47.0 Å². The Hall–Kier alpha value is -3.28. The van der Waals surface area contributed by atoms with Gasteiger partial charge in [-0.05, 0) is 42.5 Å². The maximum absolute atomic E-state index is 13.5. The fourth-order valence-corrected chi connectivity index (χ4v) is 2.64. The topological polar surface area (TPSA) is 56.1 Å². The number of carbonyl (C=O) groups is 1. The van der Waals surface area contributed by atoms with Crippen molar-refractivity contribution in [1.29, 1.82) is 0 Å². The number of benzene rings is 2. The molecule has 0 fully saturated rings. The minimum absolute atomic E-state index is 0.0491. The van der Waals surface area contributed by atoms with Crippen LogP contribution in [0.4, 0.5) is 41.2 Å². The minimum atomic E-state index is -5.02. The number of hydrogen-bond acceptors (Lipinski definition) is 3. The van der Waals surface area contributed by atoms with Gasteiger partial charge in [-0.25, -0.2) is 13.9 Å². The molecule has 164 valence electrons. The zero-order valence-electron chi connectivity index (χ0n) is 14.9. The van der Waals surface area contributed by atoms with Gasteiger partial charge in [0.25, 0.3) is 0 Å². The van der Waals surface area contributed by atoms with Crippen LogP contribution in [0.3, 0.4) is 0 Å². The van der Waals surface area contributed by atoms with Gasteiger partial charge in [0.05, 0.1) is 17.4 Å². The zero-order valence-corrected chi connectivity index (χ0v) is 15.6. The summed E-state index contributed by atoms with van der Waals surface area (Å²) in [7, 11) is 0. The summed E-state index contributed by atoms with van der Waals surface area (Å²) in [5, 5.41) is 5.56. The molecule has 5 nitrogen and oxygen atoms in total. The summed E-state index contributed by atoms with van der Waals surface area (Å²) in [5.41, 5.74) is -3.59. The van der Waals surface area contributed by atoms with Crippen molar-refractivity contribution in [2.75, 3.05) is 5.32 Å². The fraction of sp³-hybridized carbons (Fsp3) is 0.111. The van der Waals surface area contributed by atoms with E-state index in [1.807, 2.05) is 0 Å². The molecule has 0 atom stereocenters. The molecule has 31 heavy (non-hydrogen) atoms. The van der Waals surface area contributed by atoms with Crippen LogP contribution in [0.25, 0.3) is 5.69 Å². The van der Waals surface area contributed by atoms with Gasteiger partial charge in [-0.3, -0.25) is 5.32 Å². The third-order valence-corrected chi connectivity index (χ3v) is 4.00. The Balaban J connectivity index is 1.89. The Bertz CT molecular complexity index is 1110. The Morgan fingerprint density at radius 1 is 1.00 bits per heavy atom. The van der Waals surface area contributed by atoms with Crippen molar-refractivity contribution in [2.24, 2.45) is 0 Å². The van der Waals surface area contributed by atoms with Gasteiger partial charge < -0.3 is 4.74 Å². The smallest absolute Gasteiger partial charge is 0.406 e. The third-order valence-electron chi connectivity index (χ3n) is 3.75. The summed E-state index contributed by atoms with van der Waals surface area (Å²) >= 11 is 5.70. The van der Waals surface area contributed by atoms with Crippen LogP contribution in [0, 0.1) is 5.82 Å². The van der Waals surface area contributed by atoms with Gasteiger partial charge in [0, 0.05) is 10.7 Å². The number of halogens is 8. The second-order valence-corrected chi connectivity index (χ2v) is 6.42. The molecular weight excluding hydrogens is 459 g/mol. The first-order valence-electron chi connectivity index (χ1n) is 8.12. The predicted octanol–water partition coefficient (Wildman–Crippen LogP) is 6.31. The number of aromatic nitrogens is 2. The van der Waals surface area contributed by atoms with E-state index in [-0.39, 0.29) is 16.8 Å². The average molecular weight is 468 g/mol. The van der Waals surface area contributed by atoms with Crippen molar-refractivity contribution >= 4 is 23.4 Å². The molecule has 0 saturated heterocycles. The number of nitrogens with zero attached hydrogens (tertiary/aromatic N) is 2. The molecule has 0 aliphatic carbocycles. The monoisotopic (exact) mass is 467 g/mol. The first-order chi connectivity index (χ1) is 14.3. The van der Waals surface area contributed by atoms with Crippen molar-refractivity contribution in [1.82, 2.24) is 9.78 Å². The third kappa shape index (κ3) is 5.26. The highest BCUT2D eigenvalue weighted by molar-refractivity contribution is 6.30. The van der Waals surface area contributed by atoms with Gasteiger partial charge in [-0.2, -0.15) is 31.4 Å². The van der Waals surface area contributed by atoms with Gasteiger partial charge in [-0.15, -0.1) is 0 Å². The van der Waals surface area contributed by atoms with Crippen LogP contribution in [-0.4, -0.2) is 15.9 Å². The molecular formula is C18H9ClF7N3O2. The maximum Gasteiger partial charge on any atom is 0.437 e. The highest BCUT2D eigenvalue weighted by atomic mass is 35.5. The number of anilines is 1. The van der Waals surface area contributed by atoms with E-state index in [0.717, 1.165) is 0 Å². The van der Waals surface area contributed by atoms with Gasteiger partial charge >= 0.3 is 18.4 Å². The fourth-order valence-electron chi connectivity index (χ4n) is 2.51. The van der Waals surface area contributed by atoms with Crippen LogP contribution in [0.15, 0.2) is 48.7 Å². The second kappa shape index (κ2) is 8.10. The molecule has 1 heterocycles. The molecule has 1 aromatic heterocycles. The summed E-state index contributed by atoms with van der Waals surface area (Å²) in [5.74, 6) is -2.34. The van der Waals surface area contributed by atoms with Gasteiger partial charge in [0.15, 0.2) is 11.4 Å². The van der Waals surface area contributed by atoms with E-state index in [2.05, 4.69) is 9.84 Å². The zero-order chi connectivity index (χ0) is 23.0. The van der Waals surface area contributed by atoms with Crippen molar-refractivity contribution in [2.45, 2.75) is 12.4 Å². The predicted molar refractivity (Wildman–Crippen MR) is 94.6 cm³/mol. The summed E-state index contributed by atoms with van der Waals surface area (Å²) in [6, 6.07) is 6.22. The first kappa shape index (κ1) is 22.4. The van der Waals surface area contributed by atoms with Gasteiger partial charge in [0.2, 0.25) is 0 Å². The quantitative estimate of drug-likeness (QED) is 0.459. The molecule has 0 radical (unpaired) electrons. The lowest BCUT2D eigenvalue weighted by molar-refractivity contribution is -0.143. The van der Waals surface area contributed by atoms with E-state index in [0.29, 0.717) is 23.0 Å². The molecule has 13 heteroatoms. The number of carbonyl (C=O) groups excluding carboxylic acids is 1. The standard InChI is InChI=1S/C18H9ClF7N3O2/c19-10-1-3-13(4-2-10)29-15(18(24,25)26)14(8-27-29)31-16(30)28-12-6-9(17(21,22)23)5-11(20)7-12/h1-8H,(H,28,30). The van der Waals surface area contributed by atoms with Crippen LogP contribution in [0.5, 0.6) is 5.75 Å². The number of amides is 1. The summed E-state index contributed by atoms with van der Waals surface area (Å²) in [4.78, 5) is 12.0. The largest absolute Gasteiger partial charge is 0.437 e. The Kier molecular flexibility index (Phi) is 5.85. The van der Waals surface area contributed by atoms with Crippen LogP contribution in [0.1, 0.15) is 11.3 Å². The highest BCUT2D eigenvalue weighted by Crippen LogP contribution is 2.38. The molecule has 3 aromatic rings. The molecule has 0 saturated carbocycles. The average Bonchev–Trinajstić information content (AvgIpc) is 3.04. The molecule has 0 aliphatic heterocycles. The molecule has 1 N–H and O–H groups in total. The summed E-state index contributed by atoms with van der Waals surface area (Å²) < 4.78 is 97.3. The Morgan fingerprint density at radius 2 is 1.65 bits per heavy atom. The van der Waals surface area contributed by atoms with Crippen molar-refractivity contribution in [3.8, 4) is 11.4 Å². The number of alkyl halides is 6. The van der Waals surface area contributed by atoms with Crippen LogP contribution in [-0.2, 0) is 12.4 Å². The number of ether oxygens (including phenoxy) is 1. The first-order valence-corrected chi connectivity index (χ1v) is 8.50. The van der Waals surface area contributed by atoms with E-state index in [1.54, 1.807) is 5.32 Å². The van der Waals surface area contributed by atoms with E-state index in [1.165, 1.54) is 24.3 Å². The summed E-state index contributed by atoms with van der Waals surface area (Å²) in [6.45, 7) is 0. The van der Waals surface area contributed by atoms with E-state index in [4.69, 9.17) is 11.6 Å². The Labute approximate surface area is 174 Å². The lowest BCUT2D eigenvalue weighted by atomic mass is 10.2.